The van der Waals surface area contributed by atoms with Gasteiger partial charge in [0.2, 0.25) is 0 Å². The summed E-state index contributed by atoms with van der Waals surface area (Å²) >= 11 is 0. The van der Waals surface area contributed by atoms with Crippen molar-refractivity contribution in [1.29, 1.82) is 0 Å². The van der Waals surface area contributed by atoms with Crippen LogP contribution in [0.1, 0.15) is 32.0 Å². The van der Waals surface area contributed by atoms with Crippen molar-refractivity contribution < 1.29 is 13.9 Å². The predicted molar refractivity (Wildman–Crippen MR) is 132 cm³/mol. The minimum atomic E-state index is -0.584. The molecule has 0 fully saturated rings. The summed E-state index contributed by atoms with van der Waals surface area (Å²) in [5.41, 5.74) is 2.50. The molecule has 2 N–H and O–H groups in total. The van der Waals surface area contributed by atoms with Crippen LogP contribution in [-0.4, -0.2) is 30.6 Å². The number of nitrogens with one attached hydrogen (secondary N) is 2. The van der Waals surface area contributed by atoms with Gasteiger partial charge in [-0.3, -0.25) is 19.7 Å². The van der Waals surface area contributed by atoms with Gasteiger partial charge in [-0.2, -0.15) is 10.2 Å². The lowest BCUT2D eigenvalue weighted by molar-refractivity contribution is 0.262. The lowest BCUT2D eigenvalue weighted by Gasteiger charge is -2.14. The number of nitrogens with zero attached hydrogens (tertiary/aromatic N) is 5. The summed E-state index contributed by atoms with van der Waals surface area (Å²) in [7, 11) is 3.56. The van der Waals surface area contributed by atoms with Crippen molar-refractivity contribution in [2.45, 2.75) is 33.1 Å². The van der Waals surface area contributed by atoms with Crippen molar-refractivity contribution in [3.63, 3.8) is 0 Å². The lowest BCUT2D eigenvalue weighted by Crippen LogP contribution is -2.21. The maximum atomic E-state index is 15.1. The third-order valence-corrected chi connectivity index (χ3v) is 5.43. The van der Waals surface area contributed by atoms with E-state index in [1.807, 2.05) is 34.0 Å². The average molecular weight is 478 g/mol. The van der Waals surface area contributed by atoms with Gasteiger partial charge in [-0.05, 0) is 25.1 Å². The van der Waals surface area contributed by atoms with Crippen LogP contribution in [-0.2, 0) is 19.5 Å². The average Bonchev–Trinajstić information content (AvgIpc) is 3.39. The molecule has 182 valence electrons. The molecule has 1 aromatic carbocycles. The van der Waals surface area contributed by atoms with Crippen LogP contribution in [0.3, 0.4) is 0 Å². The molecule has 4 aromatic rings. The van der Waals surface area contributed by atoms with Crippen molar-refractivity contribution in [2.75, 3.05) is 10.6 Å². The quantitative estimate of drug-likeness (QED) is 0.401. The number of amides is 2. The van der Waals surface area contributed by atoms with E-state index >= 15 is 4.39 Å². The van der Waals surface area contributed by atoms with Gasteiger partial charge in [-0.1, -0.05) is 20.8 Å². The third-order valence-electron chi connectivity index (χ3n) is 5.43. The van der Waals surface area contributed by atoms with Crippen molar-refractivity contribution in [1.82, 2.24) is 24.5 Å². The van der Waals surface area contributed by atoms with E-state index in [0.29, 0.717) is 23.0 Å². The van der Waals surface area contributed by atoms with Crippen molar-refractivity contribution in [2.24, 2.45) is 14.1 Å². The molecule has 0 saturated carbocycles. The molecular weight excluding hydrogens is 449 g/mol. The van der Waals surface area contributed by atoms with Gasteiger partial charge >= 0.3 is 6.03 Å². The number of anilines is 2. The van der Waals surface area contributed by atoms with Crippen LogP contribution in [0.15, 0.2) is 48.9 Å². The van der Waals surface area contributed by atoms with Crippen molar-refractivity contribution >= 4 is 17.5 Å². The molecule has 0 unspecified atom stereocenters. The van der Waals surface area contributed by atoms with E-state index < -0.39 is 11.8 Å². The number of rotatable bonds is 5. The first-order valence-electron chi connectivity index (χ1n) is 11.1. The van der Waals surface area contributed by atoms with Crippen LogP contribution in [0.25, 0.3) is 11.3 Å². The Kier molecular flexibility index (Phi) is 6.29. The molecule has 0 radical (unpaired) electrons. The number of pyridine rings is 1. The summed E-state index contributed by atoms with van der Waals surface area (Å²) in [4.78, 5) is 16.9. The second-order valence-corrected chi connectivity index (χ2v) is 9.30. The molecule has 9 nitrogen and oxygen atoms in total. The normalized spacial score (nSPS) is 11.4. The Hall–Kier alpha value is -4.21. The van der Waals surface area contributed by atoms with Gasteiger partial charge in [0.1, 0.15) is 17.3 Å². The highest BCUT2D eigenvalue weighted by Gasteiger charge is 2.20. The minimum absolute atomic E-state index is 0.0383. The van der Waals surface area contributed by atoms with E-state index in [1.54, 1.807) is 60.0 Å². The molecule has 0 atom stereocenters. The number of hydrogen-bond acceptors (Lipinski definition) is 5. The van der Waals surface area contributed by atoms with Crippen LogP contribution < -0.4 is 15.4 Å². The van der Waals surface area contributed by atoms with E-state index in [1.165, 1.54) is 6.07 Å². The molecule has 2 amide bonds. The Balaban J connectivity index is 1.47. The number of carbonyl (C=O) groups excluding carboxylic acids is 1. The number of hydrogen-bond donors (Lipinski definition) is 2. The molecule has 3 heterocycles. The molecule has 10 heteroatoms. The van der Waals surface area contributed by atoms with Crippen molar-refractivity contribution in [3.8, 4) is 22.8 Å². The maximum Gasteiger partial charge on any atom is 0.324 e. The van der Waals surface area contributed by atoms with E-state index in [-0.39, 0.29) is 16.7 Å². The Morgan fingerprint density at radius 2 is 1.89 bits per heavy atom. The largest absolute Gasteiger partial charge is 0.457 e. The number of aryl methyl sites for hydroxylation is 2. The Morgan fingerprint density at radius 3 is 2.54 bits per heavy atom. The first-order chi connectivity index (χ1) is 16.5. The summed E-state index contributed by atoms with van der Waals surface area (Å²) in [6.45, 7) is 7.69. The van der Waals surface area contributed by atoms with Crippen LogP contribution in [0, 0.1) is 12.7 Å². The molecule has 35 heavy (non-hydrogen) atoms. The number of ether oxygens (including phenoxy) is 1. The lowest BCUT2D eigenvalue weighted by atomic mass is 9.92. The van der Waals surface area contributed by atoms with Crippen molar-refractivity contribution in [3.05, 3.63) is 66.0 Å². The summed E-state index contributed by atoms with van der Waals surface area (Å²) < 4.78 is 24.3. The van der Waals surface area contributed by atoms with Gasteiger partial charge in [-0.15, -0.1) is 0 Å². The number of urea groups is 1. The molecule has 3 aromatic heterocycles. The van der Waals surface area contributed by atoms with Gasteiger partial charge in [0.25, 0.3) is 0 Å². The highest BCUT2D eigenvalue weighted by Crippen LogP contribution is 2.32. The zero-order chi connectivity index (χ0) is 25.3. The first-order valence-corrected chi connectivity index (χ1v) is 11.1. The summed E-state index contributed by atoms with van der Waals surface area (Å²) in [6.07, 6.45) is 5.17. The molecule has 0 saturated heterocycles. The fraction of sp³-hybridized carbons (Fsp3) is 0.280. The van der Waals surface area contributed by atoms with E-state index in [9.17, 15) is 4.79 Å². The number of benzene rings is 1. The number of carbonyl (C=O) groups is 1. The summed E-state index contributed by atoms with van der Waals surface area (Å²) in [5, 5.41) is 13.8. The van der Waals surface area contributed by atoms with Crippen LogP contribution >= 0.6 is 0 Å². The topological polar surface area (TPSA) is 98.9 Å². The fourth-order valence-corrected chi connectivity index (χ4v) is 3.41. The Morgan fingerprint density at radius 1 is 1.11 bits per heavy atom. The molecule has 0 spiro atoms. The van der Waals surface area contributed by atoms with E-state index in [4.69, 9.17) is 4.74 Å². The van der Waals surface area contributed by atoms with Gasteiger partial charge in [0, 0.05) is 55.2 Å². The third kappa shape index (κ3) is 5.32. The van der Waals surface area contributed by atoms with Crippen LogP contribution in [0.5, 0.6) is 11.5 Å². The van der Waals surface area contributed by atoms with Crippen LogP contribution in [0.4, 0.5) is 20.7 Å². The predicted octanol–water partition coefficient (Wildman–Crippen LogP) is 5.40. The second-order valence-electron chi connectivity index (χ2n) is 9.30. The Labute approximate surface area is 202 Å². The monoisotopic (exact) mass is 477 g/mol. The van der Waals surface area contributed by atoms with E-state index in [2.05, 4.69) is 25.8 Å². The van der Waals surface area contributed by atoms with Gasteiger partial charge in [-0.25, -0.2) is 9.18 Å². The molecule has 0 aliphatic rings. The van der Waals surface area contributed by atoms with Gasteiger partial charge < -0.3 is 10.1 Å². The highest BCUT2D eigenvalue weighted by molar-refractivity contribution is 5.99. The first kappa shape index (κ1) is 23.9. The van der Waals surface area contributed by atoms with E-state index in [0.717, 1.165) is 11.3 Å². The highest BCUT2D eigenvalue weighted by atomic mass is 19.1. The molecule has 0 aliphatic carbocycles. The molecule has 4 rings (SSSR count). The smallest absolute Gasteiger partial charge is 0.324 e. The number of aromatic nitrogens is 5. The zero-order valence-corrected chi connectivity index (χ0v) is 20.5. The molecular formula is C25H28FN7O2. The SMILES string of the molecule is Cc1c(Oc2ccnc(-c3cnn(C)c3)c2)ccc(NC(=O)Nc2cc(C(C)(C)C)nn2C)c1F. The summed E-state index contributed by atoms with van der Waals surface area (Å²) in [6, 6.07) is 7.75. The fourth-order valence-electron chi connectivity index (χ4n) is 3.41. The standard InChI is InChI=1S/C25H28FN7O2/c1-15-20(35-17-9-10-27-19(11-17)16-13-28-32(5)14-16)8-7-18(23(15)26)29-24(34)30-22-12-21(25(2,3)4)31-33(22)6/h7-14H,1-6H3,(H2,29,30,34). The second kappa shape index (κ2) is 9.21. The van der Waals surface area contributed by atoms with Gasteiger partial charge in [0.05, 0.1) is 23.3 Å². The van der Waals surface area contributed by atoms with Crippen LogP contribution in [0.2, 0.25) is 0 Å². The molecule has 0 aliphatic heterocycles. The number of halogens is 1. The summed E-state index contributed by atoms with van der Waals surface area (Å²) in [5.74, 6) is 0.759. The Bertz CT molecular complexity index is 1380. The minimum Gasteiger partial charge on any atom is -0.457 e. The van der Waals surface area contributed by atoms with Gasteiger partial charge in [0.15, 0.2) is 5.82 Å². The maximum absolute atomic E-state index is 15.1. The molecule has 0 bridgehead atoms. The zero-order valence-electron chi connectivity index (χ0n) is 20.5.